The van der Waals surface area contributed by atoms with Crippen LogP contribution in [0.4, 0.5) is 5.69 Å². The molecule has 90 valence electrons. The molecule has 2 heterocycles. The SMILES string of the molecule is CN(Cc1cc(Br)cs1)c1cc(Cl)nnc1Cl. The van der Waals surface area contributed by atoms with Crippen molar-refractivity contribution in [2.75, 3.05) is 11.9 Å². The summed E-state index contributed by atoms with van der Waals surface area (Å²) in [6, 6.07) is 3.78. The number of aromatic nitrogens is 2. The molecular weight excluding hydrogens is 345 g/mol. The summed E-state index contributed by atoms with van der Waals surface area (Å²) in [6.07, 6.45) is 0. The van der Waals surface area contributed by atoms with Gasteiger partial charge in [-0.05, 0) is 22.0 Å². The van der Waals surface area contributed by atoms with E-state index in [9.17, 15) is 0 Å². The third kappa shape index (κ3) is 3.31. The van der Waals surface area contributed by atoms with Crippen LogP contribution in [0.1, 0.15) is 4.88 Å². The van der Waals surface area contributed by atoms with Gasteiger partial charge >= 0.3 is 0 Å². The topological polar surface area (TPSA) is 29.0 Å². The first-order valence-corrected chi connectivity index (χ1v) is 7.12. The van der Waals surface area contributed by atoms with Crippen molar-refractivity contribution in [3.63, 3.8) is 0 Å². The Morgan fingerprint density at radius 1 is 1.35 bits per heavy atom. The van der Waals surface area contributed by atoms with Crippen molar-refractivity contribution in [1.82, 2.24) is 10.2 Å². The van der Waals surface area contributed by atoms with Gasteiger partial charge in [-0.15, -0.1) is 21.5 Å². The van der Waals surface area contributed by atoms with E-state index in [0.717, 1.165) is 16.7 Å². The van der Waals surface area contributed by atoms with Crippen LogP contribution in [0.3, 0.4) is 0 Å². The molecule has 0 aliphatic heterocycles. The first kappa shape index (κ1) is 13.1. The zero-order valence-corrected chi connectivity index (χ0v) is 12.7. The van der Waals surface area contributed by atoms with Crippen molar-refractivity contribution < 1.29 is 0 Å². The van der Waals surface area contributed by atoms with E-state index in [0.29, 0.717) is 10.3 Å². The lowest BCUT2D eigenvalue weighted by atomic mass is 10.4. The van der Waals surface area contributed by atoms with Crippen molar-refractivity contribution in [3.05, 3.63) is 37.2 Å². The first-order valence-electron chi connectivity index (χ1n) is 4.69. The van der Waals surface area contributed by atoms with Crippen LogP contribution in [0.25, 0.3) is 0 Å². The minimum atomic E-state index is 0.337. The molecule has 2 aromatic rings. The fraction of sp³-hybridized carbons (Fsp3) is 0.200. The fourth-order valence-electron chi connectivity index (χ4n) is 1.37. The van der Waals surface area contributed by atoms with Crippen molar-refractivity contribution in [2.24, 2.45) is 0 Å². The molecule has 3 nitrogen and oxygen atoms in total. The maximum atomic E-state index is 5.98. The minimum Gasteiger partial charge on any atom is -0.367 e. The molecule has 0 spiro atoms. The van der Waals surface area contributed by atoms with E-state index in [1.54, 1.807) is 17.4 Å². The van der Waals surface area contributed by atoms with E-state index in [1.807, 2.05) is 17.3 Å². The number of rotatable bonds is 3. The average Bonchev–Trinajstić information content (AvgIpc) is 2.67. The lowest BCUT2D eigenvalue weighted by Crippen LogP contribution is -2.16. The Morgan fingerprint density at radius 3 is 2.76 bits per heavy atom. The van der Waals surface area contributed by atoms with Gasteiger partial charge in [-0.25, -0.2) is 0 Å². The summed E-state index contributed by atoms with van der Waals surface area (Å²) >= 11 is 16.9. The van der Waals surface area contributed by atoms with Crippen molar-refractivity contribution in [3.8, 4) is 0 Å². The lowest BCUT2D eigenvalue weighted by molar-refractivity contribution is 0.916. The standard InChI is InChI=1S/C10H8BrCl2N3S/c1-16(4-7-2-6(11)5-17-7)8-3-9(12)14-15-10(8)13/h2-3,5H,4H2,1H3. The molecule has 2 aromatic heterocycles. The van der Waals surface area contributed by atoms with E-state index in [1.165, 1.54) is 4.88 Å². The van der Waals surface area contributed by atoms with Gasteiger partial charge in [0.1, 0.15) is 0 Å². The Hall–Kier alpha value is -0.360. The van der Waals surface area contributed by atoms with Gasteiger partial charge in [-0.3, -0.25) is 0 Å². The highest BCUT2D eigenvalue weighted by atomic mass is 79.9. The van der Waals surface area contributed by atoms with Gasteiger partial charge in [0.15, 0.2) is 10.3 Å². The molecule has 0 amide bonds. The molecule has 0 aromatic carbocycles. The Balaban J connectivity index is 2.19. The summed E-state index contributed by atoms with van der Waals surface area (Å²) in [5.74, 6) is 0. The van der Waals surface area contributed by atoms with Gasteiger partial charge in [-0.1, -0.05) is 23.2 Å². The predicted molar refractivity (Wildman–Crippen MR) is 76.2 cm³/mol. The van der Waals surface area contributed by atoms with Gasteiger partial charge in [-0.2, -0.15) is 0 Å². The lowest BCUT2D eigenvalue weighted by Gasteiger charge is -2.18. The zero-order valence-electron chi connectivity index (χ0n) is 8.82. The minimum absolute atomic E-state index is 0.337. The van der Waals surface area contributed by atoms with Crippen molar-refractivity contribution >= 4 is 56.2 Å². The van der Waals surface area contributed by atoms with Crippen LogP contribution in [0, 0.1) is 0 Å². The highest BCUT2D eigenvalue weighted by Crippen LogP contribution is 2.27. The number of thiophene rings is 1. The zero-order chi connectivity index (χ0) is 12.4. The number of hydrogen-bond donors (Lipinski definition) is 0. The number of halogens is 3. The Kier molecular flexibility index (Phi) is 4.25. The molecule has 0 aliphatic rings. The van der Waals surface area contributed by atoms with Gasteiger partial charge < -0.3 is 4.90 Å². The molecule has 0 atom stereocenters. The number of hydrogen-bond acceptors (Lipinski definition) is 4. The summed E-state index contributed by atoms with van der Waals surface area (Å²) < 4.78 is 1.09. The van der Waals surface area contributed by atoms with Crippen LogP contribution in [0.2, 0.25) is 10.3 Å². The Morgan fingerprint density at radius 2 is 2.12 bits per heavy atom. The summed E-state index contributed by atoms with van der Waals surface area (Å²) in [5.41, 5.74) is 0.774. The van der Waals surface area contributed by atoms with Crippen molar-refractivity contribution in [2.45, 2.75) is 6.54 Å². The van der Waals surface area contributed by atoms with E-state index >= 15 is 0 Å². The molecule has 17 heavy (non-hydrogen) atoms. The summed E-state index contributed by atoms with van der Waals surface area (Å²) in [4.78, 5) is 3.21. The van der Waals surface area contributed by atoms with Gasteiger partial charge in [0.2, 0.25) is 0 Å². The summed E-state index contributed by atoms with van der Waals surface area (Å²) in [5, 5.41) is 10.2. The van der Waals surface area contributed by atoms with Crippen LogP contribution < -0.4 is 4.90 Å². The van der Waals surface area contributed by atoms with Gasteiger partial charge in [0.25, 0.3) is 0 Å². The second kappa shape index (κ2) is 5.52. The molecule has 0 unspecified atom stereocenters. The molecule has 2 rings (SSSR count). The molecular formula is C10H8BrCl2N3S. The monoisotopic (exact) mass is 351 g/mol. The maximum absolute atomic E-state index is 5.98. The molecule has 0 N–H and O–H groups in total. The van der Waals surface area contributed by atoms with Crippen LogP contribution >= 0.6 is 50.5 Å². The fourth-order valence-corrected chi connectivity index (χ4v) is 3.25. The first-order chi connectivity index (χ1) is 8.06. The maximum Gasteiger partial charge on any atom is 0.175 e. The highest BCUT2D eigenvalue weighted by molar-refractivity contribution is 9.10. The highest BCUT2D eigenvalue weighted by Gasteiger charge is 2.10. The summed E-state index contributed by atoms with van der Waals surface area (Å²) in [7, 11) is 1.94. The van der Waals surface area contributed by atoms with Crippen LogP contribution in [0.5, 0.6) is 0 Å². The van der Waals surface area contributed by atoms with Gasteiger partial charge in [0, 0.05) is 27.8 Å². The molecule has 0 radical (unpaired) electrons. The van der Waals surface area contributed by atoms with E-state index in [-0.39, 0.29) is 0 Å². The van der Waals surface area contributed by atoms with Crippen LogP contribution in [0.15, 0.2) is 22.0 Å². The third-order valence-corrected chi connectivity index (χ3v) is 4.26. The average molecular weight is 353 g/mol. The van der Waals surface area contributed by atoms with Crippen LogP contribution in [-0.4, -0.2) is 17.2 Å². The summed E-state index contributed by atoms with van der Waals surface area (Å²) in [6.45, 7) is 0.748. The van der Waals surface area contributed by atoms with Gasteiger partial charge in [0.05, 0.1) is 12.2 Å². The molecule has 0 aliphatic carbocycles. The van der Waals surface area contributed by atoms with E-state index in [2.05, 4.69) is 32.2 Å². The van der Waals surface area contributed by atoms with Crippen molar-refractivity contribution in [1.29, 1.82) is 0 Å². The van der Waals surface area contributed by atoms with Crippen LogP contribution in [-0.2, 0) is 6.54 Å². The second-order valence-corrected chi connectivity index (χ2v) is 6.09. The van der Waals surface area contributed by atoms with E-state index < -0.39 is 0 Å². The smallest absolute Gasteiger partial charge is 0.175 e. The molecule has 0 fully saturated rings. The molecule has 0 saturated heterocycles. The molecule has 0 bridgehead atoms. The largest absolute Gasteiger partial charge is 0.367 e. The predicted octanol–water partition coefficient (Wildman–Crippen LogP) is 4.24. The van der Waals surface area contributed by atoms with E-state index in [4.69, 9.17) is 23.2 Å². The molecule has 0 saturated carbocycles. The number of anilines is 1. The Bertz CT molecular complexity index is 532. The second-order valence-electron chi connectivity index (χ2n) is 3.43. The number of nitrogens with zero attached hydrogens (tertiary/aromatic N) is 3. The quantitative estimate of drug-likeness (QED) is 0.827. The molecule has 7 heteroatoms. The normalized spacial score (nSPS) is 10.6. The third-order valence-electron chi connectivity index (χ3n) is 2.13. The Labute approximate surface area is 122 Å².